The number of anilines is 2. The van der Waals surface area contributed by atoms with E-state index in [4.69, 9.17) is 22.1 Å². The molecule has 0 amide bonds. The number of nitrogens with zero attached hydrogens (tertiary/aromatic N) is 3. The number of hydrogen-bond donors (Lipinski definition) is 1. The number of nitrogens with two attached hydrogens (primary N) is 1. The SMILES string of the molecule is Cc1cc(N2C[C@@H](C)COC[C@@H]2c2ccc(CS(C)(=O)=O)cc2Cl)nc(N)n1. The number of benzene rings is 1. The van der Waals surface area contributed by atoms with Gasteiger partial charge in [-0.15, -0.1) is 0 Å². The number of sulfone groups is 1. The molecular formula is C19H25ClN4O3S. The van der Waals surface area contributed by atoms with Crippen molar-refractivity contribution < 1.29 is 13.2 Å². The largest absolute Gasteiger partial charge is 0.379 e. The highest BCUT2D eigenvalue weighted by Gasteiger charge is 2.29. The van der Waals surface area contributed by atoms with Gasteiger partial charge in [0, 0.05) is 29.6 Å². The van der Waals surface area contributed by atoms with Gasteiger partial charge < -0.3 is 15.4 Å². The third-order valence-electron chi connectivity index (χ3n) is 4.57. The molecule has 0 aliphatic carbocycles. The summed E-state index contributed by atoms with van der Waals surface area (Å²) >= 11 is 6.56. The Labute approximate surface area is 170 Å². The van der Waals surface area contributed by atoms with Gasteiger partial charge in [-0.2, -0.15) is 4.98 Å². The zero-order valence-corrected chi connectivity index (χ0v) is 17.8. The summed E-state index contributed by atoms with van der Waals surface area (Å²) in [5.74, 6) is 1.20. The lowest BCUT2D eigenvalue weighted by Gasteiger charge is -2.32. The first kappa shape index (κ1) is 20.8. The van der Waals surface area contributed by atoms with Crippen LogP contribution in [0.2, 0.25) is 5.02 Å². The van der Waals surface area contributed by atoms with E-state index in [0.29, 0.717) is 29.7 Å². The molecule has 7 nitrogen and oxygen atoms in total. The minimum absolute atomic E-state index is 0.0451. The van der Waals surface area contributed by atoms with Crippen LogP contribution in [-0.2, 0) is 20.3 Å². The second-order valence-electron chi connectivity index (χ2n) is 7.46. The van der Waals surface area contributed by atoms with Crippen molar-refractivity contribution >= 4 is 33.2 Å². The highest BCUT2D eigenvalue weighted by Crippen LogP contribution is 2.34. The van der Waals surface area contributed by atoms with Gasteiger partial charge in [-0.3, -0.25) is 0 Å². The number of hydrogen-bond acceptors (Lipinski definition) is 7. The Morgan fingerprint density at radius 2 is 2.04 bits per heavy atom. The first-order valence-electron chi connectivity index (χ1n) is 9.04. The molecule has 2 N–H and O–H groups in total. The summed E-state index contributed by atoms with van der Waals surface area (Å²) in [5, 5.41) is 0.507. The molecule has 2 atom stereocenters. The Balaban J connectivity index is 2.01. The van der Waals surface area contributed by atoms with Crippen molar-refractivity contribution in [2.45, 2.75) is 25.6 Å². The lowest BCUT2D eigenvalue weighted by Crippen LogP contribution is -2.34. The van der Waals surface area contributed by atoms with Crippen molar-refractivity contribution in [3.05, 3.63) is 46.1 Å². The maximum atomic E-state index is 11.6. The molecule has 0 unspecified atom stereocenters. The zero-order valence-electron chi connectivity index (χ0n) is 16.2. The standard InChI is InChI=1S/C19H25ClN4O3S/c1-12-8-24(18-6-13(2)22-19(21)23-18)17(10-27-9-12)15-5-4-14(7-16(15)20)11-28(3,25)26/h4-7,12,17H,8-11H2,1-3H3,(H2,21,22,23)/t12-,17-/m1/s1. The zero-order chi connectivity index (χ0) is 20.5. The van der Waals surface area contributed by atoms with E-state index in [2.05, 4.69) is 21.8 Å². The van der Waals surface area contributed by atoms with Crippen LogP contribution in [0, 0.1) is 12.8 Å². The van der Waals surface area contributed by atoms with Gasteiger partial charge in [0.25, 0.3) is 0 Å². The molecule has 1 aromatic heterocycles. The summed E-state index contributed by atoms with van der Waals surface area (Å²) in [4.78, 5) is 10.7. The van der Waals surface area contributed by atoms with Gasteiger partial charge in [-0.05, 0) is 30.0 Å². The quantitative estimate of drug-likeness (QED) is 0.805. The Morgan fingerprint density at radius 3 is 2.68 bits per heavy atom. The van der Waals surface area contributed by atoms with E-state index >= 15 is 0 Å². The lowest BCUT2D eigenvalue weighted by molar-refractivity contribution is 0.114. The molecule has 1 aliphatic rings. The normalized spacial score (nSPS) is 20.8. The first-order valence-corrected chi connectivity index (χ1v) is 11.5. The Bertz CT molecular complexity index is 947. The molecule has 2 aromatic rings. The van der Waals surface area contributed by atoms with E-state index in [0.717, 1.165) is 23.6 Å². The molecule has 1 aromatic carbocycles. The maximum absolute atomic E-state index is 11.6. The topological polar surface area (TPSA) is 98.4 Å². The summed E-state index contributed by atoms with van der Waals surface area (Å²) < 4.78 is 29.0. The number of aromatic nitrogens is 2. The van der Waals surface area contributed by atoms with Crippen LogP contribution in [0.4, 0.5) is 11.8 Å². The lowest BCUT2D eigenvalue weighted by atomic mass is 10.0. The molecule has 0 radical (unpaired) electrons. The second kappa shape index (κ2) is 8.23. The van der Waals surface area contributed by atoms with Crippen molar-refractivity contribution in [3.8, 4) is 0 Å². The fourth-order valence-electron chi connectivity index (χ4n) is 3.45. The fourth-order valence-corrected chi connectivity index (χ4v) is 4.57. The van der Waals surface area contributed by atoms with Gasteiger partial charge in [0.05, 0.1) is 25.0 Å². The van der Waals surface area contributed by atoms with Crippen LogP contribution >= 0.6 is 11.6 Å². The Kier molecular flexibility index (Phi) is 6.12. The van der Waals surface area contributed by atoms with Gasteiger partial charge in [0.1, 0.15) is 5.82 Å². The fraction of sp³-hybridized carbons (Fsp3) is 0.474. The molecule has 9 heteroatoms. The summed E-state index contributed by atoms with van der Waals surface area (Å²) in [6.45, 7) is 5.79. The van der Waals surface area contributed by atoms with E-state index in [1.165, 1.54) is 6.26 Å². The molecule has 152 valence electrons. The van der Waals surface area contributed by atoms with E-state index in [-0.39, 0.29) is 17.7 Å². The van der Waals surface area contributed by atoms with Crippen LogP contribution in [0.25, 0.3) is 0 Å². The monoisotopic (exact) mass is 424 g/mol. The number of nitrogen functional groups attached to an aromatic ring is 1. The first-order chi connectivity index (χ1) is 13.1. The minimum atomic E-state index is -3.13. The van der Waals surface area contributed by atoms with Crippen LogP contribution in [0.3, 0.4) is 0 Å². The molecular weight excluding hydrogens is 400 g/mol. The Hall–Kier alpha value is -1.90. The van der Waals surface area contributed by atoms with Crippen molar-refractivity contribution in [1.29, 1.82) is 0 Å². The molecule has 0 saturated carbocycles. The van der Waals surface area contributed by atoms with Crippen molar-refractivity contribution in [2.24, 2.45) is 5.92 Å². The van der Waals surface area contributed by atoms with E-state index in [1.807, 2.05) is 19.1 Å². The molecule has 1 saturated heterocycles. The smallest absolute Gasteiger partial charge is 0.222 e. The average Bonchev–Trinajstić information content (AvgIpc) is 2.74. The van der Waals surface area contributed by atoms with Crippen molar-refractivity contribution in [1.82, 2.24) is 9.97 Å². The minimum Gasteiger partial charge on any atom is -0.379 e. The summed E-state index contributed by atoms with van der Waals surface area (Å²) in [6.07, 6.45) is 1.21. The van der Waals surface area contributed by atoms with Crippen LogP contribution < -0.4 is 10.6 Å². The predicted octanol–water partition coefficient (Wildman–Crippen LogP) is 2.78. The van der Waals surface area contributed by atoms with Crippen LogP contribution in [0.1, 0.15) is 29.8 Å². The molecule has 1 aliphatic heterocycles. The third-order valence-corrected chi connectivity index (χ3v) is 5.75. The molecule has 2 heterocycles. The molecule has 0 bridgehead atoms. The average molecular weight is 425 g/mol. The predicted molar refractivity (Wildman–Crippen MR) is 111 cm³/mol. The summed E-state index contributed by atoms with van der Waals surface area (Å²) in [6, 6.07) is 7.11. The molecule has 0 spiro atoms. The van der Waals surface area contributed by atoms with Crippen LogP contribution in [0.15, 0.2) is 24.3 Å². The molecule has 3 rings (SSSR count). The number of ether oxygens (including phenoxy) is 1. The maximum Gasteiger partial charge on any atom is 0.222 e. The summed E-state index contributed by atoms with van der Waals surface area (Å²) in [7, 11) is -3.13. The van der Waals surface area contributed by atoms with E-state index in [9.17, 15) is 8.42 Å². The van der Waals surface area contributed by atoms with Gasteiger partial charge in [0.15, 0.2) is 9.84 Å². The molecule has 1 fully saturated rings. The van der Waals surface area contributed by atoms with E-state index in [1.54, 1.807) is 12.1 Å². The highest BCUT2D eigenvalue weighted by atomic mass is 35.5. The van der Waals surface area contributed by atoms with Gasteiger partial charge >= 0.3 is 0 Å². The van der Waals surface area contributed by atoms with Gasteiger partial charge in [-0.1, -0.05) is 30.7 Å². The molecule has 28 heavy (non-hydrogen) atoms. The summed E-state index contributed by atoms with van der Waals surface area (Å²) in [5.41, 5.74) is 8.18. The number of aryl methyl sites for hydroxylation is 1. The van der Waals surface area contributed by atoms with Crippen LogP contribution in [0.5, 0.6) is 0 Å². The number of halogens is 1. The van der Waals surface area contributed by atoms with Crippen molar-refractivity contribution in [2.75, 3.05) is 36.6 Å². The number of rotatable bonds is 4. The third kappa shape index (κ3) is 5.12. The second-order valence-corrected chi connectivity index (χ2v) is 10.0. The Morgan fingerprint density at radius 1 is 1.29 bits per heavy atom. The van der Waals surface area contributed by atoms with E-state index < -0.39 is 9.84 Å². The highest BCUT2D eigenvalue weighted by molar-refractivity contribution is 7.89. The van der Waals surface area contributed by atoms with Crippen LogP contribution in [-0.4, -0.2) is 44.4 Å². The van der Waals surface area contributed by atoms with Gasteiger partial charge in [-0.25, -0.2) is 13.4 Å². The van der Waals surface area contributed by atoms with Crippen molar-refractivity contribution in [3.63, 3.8) is 0 Å². The van der Waals surface area contributed by atoms with Gasteiger partial charge in [0.2, 0.25) is 5.95 Å².